The number of urea groups is 2. The third kappa shape index (κ3) is 3.98. The van der Waals surface area contributed by atoms with Crippen LogP contribution in [0.5, 0.6) is 0 Å². The van der Waals surface area contributed by atoms with Gasteiger partial charge in [-0.1, -0.05) is 18.2 Å². The summed E-state index contributed by atoms with van der Waals surface area (Å²) in [6.45, 7) is 5.89. The fourth-order valence-electron chi connectivity index (χ4n) is 2.57. The summed E-state index contributed by atoms with van der Waals surface area (Å²) in [4.78, 5) is 49.1. The highest BCUT2D eigenvalue weighted by molar-refractivity contribution is 6.10. The molecule has 1 heterocycles. The molecule has 1 aromatic rings. The average Bonchev–Trinajstić information content (AvgIpc) is 2.69. The number of imide groups is 2. The second-order valence-electron chi connectivity index (χ2n) is 7.18. The molecule has 0 aromatic heterocycles. The van der Waals surface area contributed by atoms with Gasteiger partial charge in [-0.15, -0.1) is 0 Å². The lowest BCUT2D eigenvalue weighted by atomic mass is 9.91. The Morgan fingerprint density at radius 1 is 1.23 bits per heavy atom. The van der Waals surface area contributed by atoms with Crippen molar-refractivity contribution >= 4 is 23.9 Å². The molecule has 140 valence electrons. The molecule has 2 rings (SSSR count). The molecule has 1 saturated heterocycles. The fraction of sp³-hybridized carbons (Fsp3) is 0.412. The monoisotopic (exact) mass is 364 g/mol. The van der Waals surface area contributed by atoms with Gasteiger partial charge < -0.3 is 10.6 Å². The summed E-state index contributed by atoms with van der Waals surface area (Å²) in [6, 6.07) is 3.97. The smallest absolute Gasteiger partial charge is 0.325 e. The summed E-state index contributed by atoms with van der Waals surface area (Å²) in [5.74, 6) is -2.27. The molecule has 0 bridgehead atoms. The van der Waals surface area contributed by atoms with E-state index in [1.165, 1.54) is 31.2 Å². The van der Waals surface area contributed by atoms with Crippen molar-refractivity contribution in [3.05, 3.63) is 35.6 Å². The number of hydrogen-bond donors (Lipinski definition) is 3. The molecule has 1 aliphatic heterocycles. The molecule has 26 heavy (non-hydrogen) atoms. The zero-order chi connectivity index (χ0) is 19.7. The lowest BCUT2D eigenvalue weighted by molar-refractivity contribution is -0.134. The number of carbonyl (C=O) groups is 4. The van der Waals surface area contributed by atoms with Crippen LogP contribution in [-0.2, 0) is 15.1 Å². The van der Waals surface area contributed by atoms with E-state index in [9.17, 15) is 23.6 Å². The van der Waals surface area contributed by atoms with Crippen LogP contribution in [0.25, 0.3) is 0 Å². The Kier molecular flexibility index (Phi) is 5.02. The van der Waals surface area contributed by atoms with E-state index in [-0.39, 0.29) is 5.56 Å². The van der Waals surface area contributed by atoms with E-state index in [0.717, 1.165) is 0 Å². The first kappa shape index (κ1) is 19.4. The Balaban J connectivity index is 2.11. The van der Waals surface area contributed by atoms with Crippen LogP contribution in [0.3, 0.4) is 0 Å². The molecule has 1 unspecified atom stereocenters. The van der Waals surface area contributed by atoms with Gasteiger partial charge in [-0.05, 0) is 33.8 Å². The van der Waals surface area contributed by atoms with Gasteiger partial charge >= 0.3 is 12.1 Å². The second kappa shape index (κ2) is 6.74. The van der Waals surface area contributed by atoms with Gasteiger partial charge in [0.25, 0.3) is 5.91 Å². The molecule has 9 heteroatoms. The van der Waals surface area contributed by atoms with Crippen LogP contribution in [0.15, 0.2) is 24.3 Å². The van der Waals surface area contributed by atoms with Gasteiger partial charge in [0, 0.05) is 11.1 Å². The van der Waals surface area contributed by atoms with E-state index < -0.39 is 47.3 Å². The minimum Gasteiger partial charge on any atom is -0.333 e. The maximum Gasteiger partial charge on any atom is 0.325 e. The van der Waals surface area contributed by atoms with Crippen LogP contribution in [0.1, 0.15) is 33.3 Å². The van der Waals surface area contributed by atoms with Crippen LogP contribution >= 0.6 is 0 Å². The minimum atomic E-state index is -1.63. The Hall–Kier alpha value is -2.97. The highest BCUT2D eigenvalue weighted by Gasteiger charge is 2.50. The van der Waals surface area contributed by atoms with Gasteiger partial charge in [0.2, 0.25) is 5.91 Å². The van der Waals surface area contributed by atoms with E-state index in [1.54, 1.807) is 20.8 Å². The molecule has 1 aromatic carbocycles. The Morgan fingerprint density at radius 2 is 1.85 bits per heavy atom. The Morgan fingerprint density at radius 3 is 2.42 bits per heavy atom. The number of benzene rings is 1. The Labute approximate surface area is 150 Å². The van der Waals surface area contributed by atoms with Crippen molar-refractivity contribution in [2.75, 3.05) is 6.54 Å². The van der Waals surface area contributed by atoms with Crippen molar-refractivity contribution in [1.29, 1.82) is 0 Å². The molecule has 6 amide bonds. The van der Waals surface area contributed by atoms with Gasteiger partial charge in [0.05, 0.1) is 0 Å². The molecule has 3 N–H and O–H groups in total. The summed E-state index contributed by atoms with van der Waals surface area (Å²) in [5, 5.41) is 6.97. The van der Waals surface area contributed by atoms with Crippen molar-refractivity contribution in [3.8, 4) is 0 Å². The molecular formula is C17H21FN4O4. The van der Waals surface area contributed by atoms with E-state index in [2.05, 4.69) is 10.6 Å². The number of nitrogens with one attached hydrogen (secondary N) is 3. The largest absolute Gasteiger partial charge is 0.333 e. The summed E-state index contributed by atoms with van der Waals surface area (Å²) in [5.41, 5.74) is -2.20. The lowest BCUT2D eigenvalue weighted by Crippen LogP contribution is -2.51. The van der Waals surface area contributed by atoms with Crippen molar-refractivity contribution in [3.63, 3.8) is 0 Å². The van der Waals surface area contributed by atoms with Crippen molar-refractivity contribution in [2.45, 2.75) is 38.8 Å². The number of hydrogen-bond acceptors (Lipinski definition) is 4. The minimum absolute atomic E-state index is 0.00765. The van der Waals surface area contributed by atoms with Crippen LogP contribution in [0, 0.1) is 5.82 Å². The van der Waals surface area contributed by atoms with Gasteiger partial charge in [-0.3, -0.25) is 19.8 Å². The fourth-order valence-corrected chi connectivity index (χ4v) is 2.57. The SMILES string of the molecule is CC(C)(C)NC(=O)NC(=O)CN1C(=O)NC(C)(c2ccccc2F)C1=O. The Bertz CT molecular complexity index is 774. The van der Waals surface area contributed by atoms with Crippen molar-refractivity contribution in [2.24, 2.45) is 0 Å². The second-order valence-corrected chi connectivity index (χ2v) is 7.18. The summed E-state index contributed by atoms with van der Waals surface area (Å²) in [7, 11) is 0. The van der Waals surface area contributed by atoms with Crippen LogP contribution in [0.2, 0.25) is 0 Å². The molecule has 0 spiro atoms. The molecular weight excluding hydrogens is 343 g/mol. The van der Waals surface area contributed by atoms with Crippen LogP contribution in [0.4, 0.5) is 14.0 Å². The number of nitrogens with zero attached hydrogens (tertiary/aromatic N) is 1. The van der Waals surface area contributed by atoms with Crippen LogP contribution in [-0.4, -0.2) is 40.9 Å². The third-order valence-corrected chi connectivity index (χ3v) is 3.73. The van der Waals surface area contributed by atoms with E-state index in [4.69, 9.17) is 0 Å². The number of amides is 6. The third-order valence-electron chi connectivity index (χ3n) is 3.73. The summed E-state index contributed by atoms with van der Waals surface area (Å²) < 4.78 is 14.1. The normalized spacial score (nSPS) is 20.0. The molecule has 1 aliphatic rings. The summed E-state index contributed by atoms with van der Waals surface area (Å²) >= 11 is 0. The maximum atomic E-state index is 14.1. The predicted molar refractivity (Wildman–Crippen MR) is 90.4 cm³/mol. The zero-order valence-electron chi connectivity index (χ0n) is 15.0. The number of halogens is 1. The molecule has 0 radical (unpaired) electrons. The van der Waals surface area contributed by atoms with E-state index in [1.807, 2.05) is 5.32 Å². The first-order valence-electron chi connectivity index (χ1n) is 7.95. The van der Waals surface area contributed by atoms with Crippen molar-refractivity contribution < 1.29 is 23.6 Å². The highest BCUT2D eigenvalue weighted by atomic mass is 19.1. The lowest BCUT2D eigenvalue weighted by Gasteiger charge is -2.23. The molecule has 1 atom stereocenters. The molecule has 8 nitrogen and oxygen atoms in total. The van der Waals surface area contributed by atoms with Gasteiger partial charge in [-0.25, -0.2) is 14.0 Å². The average molecular weight is 364 g/mol. The number of rotatable bonds is 3. The van der Waals surface area contributed by atoms with Gasteiger partial charge in [0.15, 0.2) is 0 Å². The van der Waals surface area contributed by atoms with Gasteiger partial charge in [0.1, 0.15) is 17.9 Å². The van der Waals surface area contributed by atoms with Crippen LogP contribution < -0.4 is 16.0 Å². The summed E-state index contributed by atoms with van der Waals surface area (Å²) in [6.07, 6.45) is 0. The standard InChI is InChI=1S/C17H21FN4O4/c1-16(2,3)20-14(25)19-12(23)9-22-13(24)17(4,21-15(22)26)10-7-5-6-8-11(10)18/h5-8H,9H2,1-4H3,(H,21,26)(H2,19,20,23,25). The quantitative estimate of drug-likeness (QED) is 0.701. The molecule has 1 fully saturated rings. The zero-order valence-corrected chi connectivity index (χ0v) is 15.0. The van der Waals surface area contributed by atoms with Crippen molar-refractivity contribution in [1.82, 2.24) is 20.9 Å². The number of carbonyl (C=O) groups excluding carboxylic acids is 4. The molecule has 0 aliphatic carbocycles. The first-order valence-corrected chi connectivity index (χ1v) is 7.95. The van der Waals surface area contributed by atoms with E-state index >= 15 is 0 Å². The topological polar surface area (TPSA) is 108 Å². The highest BCUT2D eigenvalue weighted by Crippen LogP contribution is 2.30. The van der Waals surface area contributed by atoms with E-state index in [0.29, 0.717) is 4.90 Å². The molecule has 0 saturated carbocycles. The van der Waals surface area contributed by atoms with Gasteiger partial charge in [-0.2, -0.15) is 0 Å². The predicted octanol–water partition coefficient (Wildman–Crippen LogP) is 1.22. The maximum absolute atomic E-state index is 14.1. The first-order chi connectivity index (χ1) is 11.9.